The van der Waals surface area contributed by atoms with Crippen LogP contribution < -0.4 is 5.32 Å². The fourth-order valence-corrected chi connectivity index (χ4v) is 4.72. The molecule has 0 atom stereocenters. The minimum atomic E-state index is -0.397. The van der Waals surface area contributed by atoms with Crippen LogP contribution in [0, 0.1) is 19.8 Å². The lowest BCUT2D eigenvalue weighted by molar-refractivity contribution is -0.117. The number of hydrogen-bond donors (Lipinski definition) is 1. The van der Waals surface area contributed by atoms with Gasteiger partial charge in [0.1, 0.15) is 10.6 Å². The second-order valence-electron chi connectivity index (χ2n) is 7.90. The molecule has 1 aromatic carbocycles. The molecule has 0 bridgehead atoms. The third-order valence-corrected chi connectivity index (χ3v) is 6.33. The van der Waals surface area contributed by atoms with E-state index in [0.29, 0.717) is 23.7 Å². The summed E-state index contributed by atoms with van der Waals surface area (Å²) in [6, 6.07) is 6.15. The van der Waals surface area contributed by atoms with Crippen molar-refractivity contribution in [1.82, 2.24) is 4.90 Å². The first-order valence-corrected chi connectivity index (χ1v) is 11.2. The van der Waals surface area contributed by atoms with E-state index >= 15 is 0 Å². The van der Waals surface area contributed by atoms with Crippen molar-refractivity contribution >= 4 is 28.2 Å². The third-order valence-electron chi connectivity index (χ3n) is 5.44. The van der Waals surface area contributed by atoms with Crippen LogP contribution in [-0.2, 0) is 9.53 Å². The molecule has 0 spiro atoms. The molecule has 1 amide bonds. The Balaban J connectivity index is 1.83. The average molecular weight is 415 g/mol. The zero-order valence-corrected chi connectivity index (χ0v) is 18.5. The SMILES string of the molecule is CCOC(=O)c1c(-c2ccc(C)cc2C)csc1NC(=O)CN1CCC(C)CC1. The van der Waals surface area contributed by atoms with Crippen LogP contribution in [0.25, 0.3) is 11.1 Å². The van der Waals surface area contributed by atoms with E-state index in [2.05, 4.69) is 23.2 Å². The summed E-state index contributed by atoms with van der Waals surface area (Å²) in [5.41, 5.74) is 4.51. The summed E-state index contributed by atoms with van der Waals surface area (Å²) in [7, 11) is 0. The van der Waals surface area contributed by atoms with E-state index < -0.39 is 5.97 Å². The first-order valence-electron chi connectivity index (χ1n) is 10.3. The Hall–Kier alpha value is -2.18. The highest BCUT2D eigenvalue weighted by Crippen LogP contribution is 2.38. The smallest absolute Gasteiger partial charge is 0.341 e. The minimum Gasteiger partial charge on any atom is -0.462 e. The molecular weight excluding hydrogens is 384 g/mol. The number of likely N-dealkylation sites (tertiary alicyclic amines) is 1. The normalized spacial score (nSPS) is 15.3. The maximum atomic E-state index is 12.7. The lowest BCUT2D eigenvalue weighted by Crippen LogP contribution is -2.38. The van der Waals surface area contributed by atoms with Gasteiger partial charge in [-0.2, -0.15) is 0 Å². The molecule has 156 valence electrons. The van der Waals surface area contributed by atoms with Crippen LogP contribution in [0.1, 0.15) is 48.2 Å². The molecule has 0 saturated carbocycles. The van der Waals surface area contributed by atoms with Gasteiger partial charge in [-0.3, -0.25) is 9.69 Å². The van der Waals surface area contributed by atoms with Gasteiger partial charge in [0.25, 0.3) is 0 Å². The topological polar surface area (TPSA) is 58.6 Å². The average Bonchev–Trinajstić information content (AvgIpc) is 3.07. The Morgan fingerprint density at radius 3 is 2.59 bits per heavy atom. The number of ether oxygens (including phenoxy) is 1. The first kappa shape index (κ1) is 21.5. The van der Waals surface area contributed by atoms with Gasteiger partial charge in [-0.25, -0.2) is 4.79 Å². The number of esters is 1. The highest BCUT2D eigenvalue weighted by molar-refractivity contribution is 7.15. The van der Waals surface area contributed by atoms with Crippen molar-refractivity contribution < 1.29 is 14.3 Å². The van der Waals surface area contributed by atoms with Gasteiger partial charge in [0.2, 0.25) is 5.91 Å². The Bertz CT molecular complexity index is 882. The van der Waals surface area contributed by atoms with Gasteiger partial charge in [-0.15, -0.1) is 11.3 Å². The molecule has 0 unspecified atom stereocenters. The van der Waals surface area contributed by atoms with Gasteiger partial charge in [-0.05, 0) is 63.7 Å². The molecule has 0 aliphatic carbocycles. The largest absolute Gasteiger partial charge is 0.462 e. The highest BCUT2D eigenvalue weighted by atomic mass is 32.1. The van der Waals surface area contributed by atoms with Crippen molar-refractivity contribution in [1.29, 1.82) is 0 Å². The maximum absolute atomic E-state index is 12.7. The lowest BCUT2D eigenvalue weighted by atomic mass is 9.97. The van der Waals surface area contributed by atoms with Gasteiger partial charge in [0.05, 0.1) is 13.2 Å². The first-order chi connectivity index (χ1) is 13.9. The number of amides is 1. The third kappa shape index (κ3) is 5.25. The molecule has 2 aromatic rings. The molecule has 1 saturated heterocycles. The van der Waals surface area contributed by atoms with E-state index in [-0.39, 0.29) is 5.91 Å². The number of thiophene rings is 1. The van der Waals surface area contributed by atoms with Crippen LogP contribution in [0.15, 0.2) is 23.6 Å². The van der Waals surface area contributed by atoms with Crippen molar-refractivity contribution in [2.24, 2.45) is 5.92 Å². The Kier molecular flexibility index (Phi) is 7.09. The zero-order chi connectivity index (χ0) is 21.0. The number of anilines is 1. The van der Waals surface area contributed by atoms with Crippen molar-refractivity contribution in [3.63, 3.8) is 0 Å². The van der Waals surface area contributed by atoms with E-state index in [9.17, 15) is 9.59 Å². The van der Waals surface area contributed by atoms with Crippen LogP contribution in [-0.4, -0.2) is 43.0 Å². The van der Waals surface area contributed by atoms with E-state index in [1.165, 1.54) is 16.9 Å². The van der Waals surface area contributed by atoms with Crippen LogP contribution in [0.2, 0.25) is 0 Å². The molecule has 0 radical (unpaired) electrons. The fraction of sp³-hybridized carbons (Fsp3) is 0.478. The number of carbonyl (C=O) groups is 2. The Morgan fingerprint density at radius 1 is 1.21 bits per heavy atom. The summed E-state index contributed by atoms with van der Waals surface area (Å²) >= 11 is 1.38. The molecule has 2 heterocycles. The van der Waals surface area contributed by atoms with Crippen LogP contribution >= 0.6 is 11.3 Å². The highest BCUT2D eigenvalue weighted by Gasteiger charge is 2.25. The molecule has 5 nitrogen and oxygen atoms in total. The van der Waals surface area contributed by atoms with Crippen molar-refractivity contribution in [3.05, 3.63) is 40.3 Å². The molecule has 29 heavy (non-hydrogen) atoms. The molecule has 1 aromatic heterocycles. The van der Waals surface area contributed by atoms with E-state index in [1.54, 1.807) is 6.92 Å². The van der Waals surface area contributed by atoms with Gasteiger partial charge in [0.15, 0.2) is 0 Å². The number of carbonyl (C=O) groups excluding carboxylic acids is 2. The Labute approximate surface area is 177 Å². The molecular formula is C23H30N2O3S. The van der Waals surface area contributed by atoms with E-state index in [1.807, 2.05) is 31.4 Å². The van der Waals surface area contributed by atoms with Gasteiger partial charge < -0.3 is 10.1 Å². The monoisotopic (exact) mass is 414 g/mol. The second-order valence-corrected chi connectivity index (χ2v) is 8.78. The summed E-state index contributed by atoms with van der Waals surface area (Å²) in [4.78, 5) is 27.6. The summed E-state index contributed by atoms with van der Waals surface area (Å²) < 4.78 is 5.30. The molecule has 1 fully saturated rings. The minimum absolute atomic E-state index is 0.0841. The quantitative estimate of drug-likeness (QED) is 0.685. The lowest BCUT2D eigenvalue weighted by Gasteiger charge is -2.29. The van der Waals surface area contributed by atoms with E-state index in [4.69, 9.17) is 4.74 Å². The van der Waals surface area contributed by atoms with E-state index in [0.717, 1.165) is 48.5 Å². The van der Waals surface area contributed by atoms with Crippen LogP contribution in [0.3, 0.4) is 0 Å². The number of rotatable bonds is 6. The van der Waals surface area contributed by atoms with Crippen molar-refractivity contribution in [3.8, 4) is 11.1 Å². The number of nitrogens with zero attached hydrogens (tertiary/aromatic N) is 1. The predicted octanol–water partition coefficient (Wildman–Crippen LogP) is 4.88. The van der Waals surface area contributed by atoms with Gasteiger partial charge in [0, 0.05) is 10.9 Å². The number of hydrogen-bond acceptors (Lipinski definition) is 5. The number of piperidine rings is 1. The van der Waals surface area contributed by atoms with Crippen LogP contribution in [0.4, 0.5) is 5.00 Å². The van der Waals surface area contributed by atoms with Crippen LogP contribution in [0.5, 0.6) is 0 Å². The maximum Gasteiger partial charge on any atom is 0.341 e. The molecule has 6 heteroatoms. The summed E-state index contributed by atoms with van der Waals surface area (Å²) in [6.07, 6.45) is 2.24. The standard InChI is InChI=1S/C23H30N2O3S/c1-5-28-23(27)21-19(18-7-6-16(3)12-17(18)4)14-29-22(21)24-20(26)13-25-10-8-15(2)9-11-25/h6-7,12,14-15H,5,8-11,13H2,1-4H3,(H,24,26). The molecule has 1 N–H and O–H groups in total. The van der Waals surface area contributed by atoms with Gasteiger partial charge in [-0.1, -0.05) is 30.7 Å². The number of benzene rings is 1. The number of nitrogens with one attached hydrogen (secondary N) is 1. The van der Waals surface area contributed by atoms with Crippen molar-refractivity contribution in [2.45, 2.75) is 40.5 Å². The van der Waals surface area contributed by atoms with Crippen molar-refractivity contribution in [2.75, 3.05) is 31.6 Å². The number of aryl methyl sites for hydroxylation is 2. The zero-order valence-electron chi connectivity index (χ0n) is 17.7. The molecule has 1 aliphatic heterocycles. The van der Waals surface area contributed by atoms with Gasteiger partial charge >= 0.3 is 5.97 Å². The summed E-state index contributed by atoms with van der Waals surface area (Å²) in [5, 5.41) is 5.46. The fourth-order valence-electron chi connectivity index (χ4n) is 3.76. The molecule has 3 rings (SSSR count). The Morgan fingerprint density at radius 2 is 1.93 bits per heavy atom. The second kappa shape index (κ2) is 9.55. The summed E-state index contributed by atoms with van der Waals surface area (Å²) in [5.74, 6) is 0.243. The molecule has 1 aliphatic rings. The predicted molar refractivity (Wildman–Crippen MR) is 119 cm³/mol. The summed E-state index contributed by atoms with van der Waals surface area (Å²) in [6.45, 7) is 10.6.